The van der Waals surface area contributed by atoms with Gasteiger partial charge in [-0.1, -0.05) is 49.1 Å². The molecule has 2 aromatic carbocycles. The van der Waals surface area contributed by atoms with Crippen LogP contribution in [0, 0.1) is 10.1 Å². The molecule has 0 saturated carbocycles. The van der Waals surface area contributed by atoms with Gasteiger partial charge < -0.3 is 14.8 Å². The smallest absolute Gasteiger partial charge is 0.411 e. The largest absolute Gasteiger partial charge is 0.458 e. The molecule has 0 radical (unpaired) electrons. The summed E-state index contributed by atoms with van der Waals surface area (Å²) in [5.41, 5.74) is 1.25. The van der Waals surface area contributed by atoms with Crippen LogP contribution < -0.4 is 5.32 Å². The average molecular weight is 453 g/mol. The second-order valence-corrected chi connectivity index (χ2v) is 7.34. The van der Waals surface area contributed by atoms with E-state index in [1.807, 2.05) is 6.07 Å². The standard InChI is InChI=1S/C23H23N3O7/c1-2-11-32-22(28)17-9-6-10-18(12-17)24-21(27)20-13-19(26(30)31)14-25(20)23(29)33-15-16-7-4-3-5-8-16/h2-10,12,19-20H,1,11,13-15H2,(H,24,27). The maximum absolute atomic E-state index is 12.9. The number of nitrogens with one attached hydrogen (secondary N) is 1. The van der Waals surface area contributed by atoms with E-state index in [-0.39, 0.29) is 37.4 Å². The number of anilines is 1. The molecule has 172 valence electrons. The van der Waals surface area contributed by atoms with Crippen LogP contribution in [-0.2, 0) is 20.9 Å². The molecule has 1 aliphatic rings. The van der Waals surface area contributed by atoms with Crippen LogP contribution in [0.1, 0.15) is 22.3 Å². The van der Waals surface area contributed by atoms with Gasteiger partial charge in [-0.05, 0) is 23.8 Å². The van der Waals surface area contributed by atoms with Crippen molar-refractivity contribution in [3.8, 4) is 0 Å². The third kappa shape index (κ3) is 6.16. The lowest BCUT2D eigenvalue weighted by Crippen LogP contribution is -2.43. The summed E-state index contributed by atoms with van der Waals surface area (Å²) in [5, 5.41) is 13.9. The molecule has 0 bridgehead atoms. The fourth-order valence-corrected chi connectivity index (χ4v) is 3.39. The fourth-order valence-electron chi connectivity index (χ4n) is 3.39. The zero-order valence-corrected chi connectivity index (χ0v) is 17.7. The van der Waals surface area contributed by atoms with Gasteiger partial charge in [-0.2, -0.15) is 0 Å². The van der Waals surface area contributed by atoms with Crippen molar-refractivity contribution < 1.29 is 28.8 Å². The maximum Gasteiger partial charge on any atom is 0.411 e. The van der Waals surface area contributed by atoms with Crippen LogP contribution in [0.25, 0.3) is 0 Å². The van der Waals surface area contributed by atoms with Gasteiger partial charge in [-0.25, -0.2) is 9.59 Å². The molecular formula is C23H23N3O7. The molecule has 10 nitrogen and oxygen atoms in total. The number of likely N-dealkylation sites (tertiary alicyclic amines) is 1. The minimum atomic E-state index is -1.10. The molecule has 3 rings (SSSR count). The quantitative estimate of drug-likeness (QED) is 0.282. The highest BCUT2D eigenvalue weighted by atomic mass is 16.6. The van der Waals surface area contributed by atoms with Gasteiger partial charge >= 0.3 is 12.1 Å². The first-order valence-electron chi connectivity index (χ1n) is 10.2. The van der Waals surface area contributed by atoms with Crippen molar-refractivity contribution >= 4 is 23.7 Å². The number of hydrogen-bond acceptors (Lipinski definition) is 7. The molecule has 2 atom stereocenters. The average Bonchev–Trinajstić information content (AvgIpc) is 3.28. The molecule has 1 fully saturated rings. The van der Waals surface area contributed by atoms with E-state index in [0.29, 0.717) is 0 Å². The summed E-state index contributed by atoms with van der Waals surface area (Å²) in [7, 11) is 0. The van der Waals surface area contributed by atoms with Crippen molar-refractivity contribution in [3.05, 3.63) is 88.5 Å². The second-order valence-electron chi connectivity index (χ2n) is 7.34. The van der Waals surface area contributed by atoms with Crippen molar-refractivity contribution in [2.24, 2.45) is 0 Å². The molecule has 2 unspecified atom stereocenters. The maximum atomic E-state index is 12.9. The molecule has 0 aliphatic carbocycles. The van der Waals surface area contributed by atoms with Crippen molar-refractivity contribution in [2.45, 2.75) is 25.1 Å². The Hall–Kier alpha value is -4.21. The summed E-state index contributed by atoms with van der Waals surface area (Å²) in [6.45, 7) is 3.25. The number of hydrogen-bond donors (Lipinski definition) is 1. The van der Waals surface area contributed by atoms with E-state index in [9.17, 15) is 24.5 Å². The van der Waals surface area contributed by atoms with Crippen LogP contribution in [0.2, 0.25) is 0 Å². The first-order valence-corrected chi connectivity index (χ1v) is 10.2. The van der Waals surface area contributed by atoms with Gasteiger partial charge in [0.25, 0.3) is 0 Å². The monoisotopic (exact) mass is 453 g/mol. The molecule has 0 spiro atoms. The zero-order chi connectivity index (χ0) is 23.8. The zero-order valence-electron chi connectivity index (χ0n) is 17.7. The van der Waals surface area contributed by atoms with Gasteiger partial charge in [0.15, 0.2) is 0 Å². The van der Waals surface area contributed by atoms with Gasteiger partial charge in [0.2, 0.25) is 11.9 Å². The Bertz CT molecular complexity index is 1040. The van der Waals surface area contributed by atoms with E-state index in [1.165, 1.54) is 18.2 Å². The molecule has 2 aromatic rings. The molecule has 1 aliphatic heterocycles. The number of benzene rings is 2. The molecular weight excluding hydrogens is 430 g/mol. The number of carbonyl (C=O) groups excluding carboxylic acids is 3. The van der Waals surface area contributed by atoms with Crippen LogP contribution in [-0.4, -0.2) is 53.0 Å². The summed E-state index contributed by atoms with van der Waals surface area (Å²) in [4.78, 5) is 49.4. The van der Waals surface area contributed by atoms with Gasteiger partial charge in [0, 0.05) is 17.0 Å². The molecule has 1 heterocycles. The van der Waals surface area contributed by atoms with Crippen LogP contribution in [0.5, 0.6) is 0 Å². The lowest BCUT2D eigenvalue weighted by Gasteiger charge is -2.22. The van der Waals surface area contributed by atoms with Gasteiger partial charge in [-0.15, -0.1) is 0 Å². The van der Waals surface area contributed by atoms with Gasteiger partial charge in [0.1, 0.15) is 19.3 Å². The SMILES string of the molecule is C=CCOC(=O)c1cccc(NC(=O)C2CC([N+](=O)[O-])CN2C(=O)OCc2ccccc2)c1. The highest BCUT2D eigenvalue weighted by Gasteiger charge is 2.46. The van der Waals surface area contributed by atoms with E-state index in [0.717, 1.165) is 10.5 Å². The predicted octanol–water partition coefficient (Wildman–Crippen LogP) is 3.02. The first-order chi connectivity index (χ1) is 15.9. The Morgan fingerprint density at radius 2 is 1.91 bits per heavy atom. The summed E-state index contributed by atoms with van der Waals surface area (Å²) < 4.78 is 10.2. The van der Waals surface area contributed by atoms with Crippen molar-refractivity contribution in [1.29, 1.82) is 0 Å². The van der Waals surface area contributed by atoms with E-state index >= 15 is 0 Å². The Morgan fingerprint density at radius 1 is 1.15 bits per heavy atom. The Morgan fingerprint density at radius 3 is 2.61 bits per heavy atom. The molecule has 1 saturated heterocycles. The molecule has 10 heteroatoms. The first kappa shape index (κ1) is 23.5. The van der Waals surface area contributed by atoms with E-state index in [1.54, 1.807) is 36.4 Å². The normalized spacial score (nSPS) is 17.2. The second kappa shape index (κ2) is 10.9. The number of amides is 2. The van der Waals surface area contributed by atoms with Crippen molar-refractivity contribution in [3.63, 3.8) is 0 Å². The van der Waals surface area contributed by atoms with Crippen LogP contribution >= 0.6 is 0 Å². The Balaban J connectivity index is 1.69. The topological polar surface area (TPSA) is 128 Å². The van der Waals surface area contributed by atoms with Crippen LogP contribution in [0.3, 0.4) is 0 Å². The minimum absolute atomic E-state index is 0.0253. The van der Waals surface area contributed by atoms with E-state index in [2.05, 4.69) is 11.9 Å². The molecule has 0 aromatic heterocycles. The third-order valence-corrected chi connectivity index (χ3v) is 5.02. The summed E-state index contributed by atoms with van der Waals surface area (Å²) in [5.74, 6) is -1.21. The number of ether oxygens (including phenoxy) is 2. The number of esters is 1. The number of rotatable bonds is 8. The van der Waals surface area contributed by atoms with Gasteiger partial charge in [0.05, 0.1) is 12.1 Å². The Kier molecular flexibility index (Phi) is 7.74. The minimum Gasteiger partial charge on any atom is -0.458 e. The summed E-state index contributed by atoms with van der Waals surface area (Å²) in [6, 6.07) is 12.8. The lowest BCUT2D eigenvalue weighted by molar-refractivity contribution is -0.518. The number of carbonyl (C=O) groups is 3. The van der Waals surface area contributed by atoms with E-state index < -0.39 is 35.0 Å². The van der Waals surface area contributed by atoms with Crippen LogP contribution in [0.4, 0.5) is 10.5 Å². The van der Waals surface area contributed by atoms with Crippen molar-refractivity contribution in [2.75, 3.05) is 18.5 Å². The summed E-state index contributed by atoms with van der Waals surface area (Å²) in [6.07, 6.45) is 0.464. The third-order valence-electron chi connectivity index (χ3n) is 5.02. The molecule has 33 heavy (non-hydrogen) atoms. The Labute approximate surface area is 189 Å². The van der Waals surface area contributed by atoms with Crippen LogP contribution in [0.15, 0.2) is 67.3 Å². The van der Waals surface area contributed by atoms with Gasteiger partial charge in [-0.3, -0.25) is 19.8 Å². The highest BCUT2D eigenvalue weighted by Crippen LogP contribution is 2.23. The fraction of sp³-hybridized carbons (Fsp3) is 0.261. The highest BCUT2D eigenvalue weighted by molar-refractivity contribution is 5.98. The number of nitrogens with zero attached hydrogens (tertiary/aromatic N) is 2. The molecule has 2 amide bonds. The summed E-state index contributed by atoms with van der Waals surface area (Å²) >= 11 is 0. The number of nitro groups is 1. The van der Waals surface area contributed by atoms with Crippen molar-refractivity contribution in [1.82, 2.24) is 4.90 Å². The molecule has 1 N–H and O–H groups in total. The van der Waals surface area contributed by atoms with E-state index in [4.69, 9.17) is 9.47 Å². The predicted molar refractivity (Wildman–Crippen MR) is 118 cm³/mol. The lowest BCUT2D eigenvalue weighted by atomic mass is 10.1.